The standard InChI is InChI=1S/C15H20N2/c1-12-5-3-4-6-14(12)13(2)17-11-15(7-8-15)9-10-16/h3-6,13,17H,7-9,11H2,1-2H3/t13-/m0/s1. The van der Waals surface area contributed by atoms with Gasteiger partial charge in [0.2, 0.25) is 0 Å². The number of hydrogen-bond acceptors (Lipinski definition) is 2. The van der Waals surface area contributed by atoms with Gasteiger partial charge in [-0.25, -0.2) is 0 Å². The van der Waals surface area contributed by atoms with Gasteiger partial charge < -0.3 is 5.32 Å². The van der Waals surface area contributed by atoms with E-state index < -0.39 is 0 Å². The summed E-state index contributed by atoms with van der Waals surface area (Å²) in [5.74, 6) is 0. The molecule has 1 atom stereocenters. The quantitative estimate of drug-likeness (QED) is 0.839. The number of nitriles is 1. The second-order valence-electron chi connectivity index (χ2n) is 5.29. The summed E-state index contributed by atoms with van der Waals surface area (Å²) in [4.78, 5) is 0. The van der Waals surface area contributed by atoms with E-state index in [2.05, 4.69) is 49.5 Å². The molecule has 0 spiro atoms. The van der Waals surface area contributed by atoms with Crippen LogP contribution in [0.15, 0.2) is 24.3 Å². The van der Waals surface area contributed by atoms with Crippen LogP contribution < -0.4 is 5.32 Å². The van der Waals surface area contributed by atoms with Crippen LogP contribution >= 0.6 is 0 Å². The first kappa shape index (κ1) is 12.1. The molecule has 0 bridgehead atoms. The van der Waals surface area contributed by atoms with E-state index in [0.29, 0.717) is 12.5 Å². The molecule has 0 unspecified atom stereocenters. The van der Waals surface area contributed by atoms with Crippen molar-refractivity contribution < 1.29 is 0 Å². The smallest absolute Gasteiger partial charge is 0.0628 e. The Morgan fingerprint density at radius 1 is 1.41 bits per heavy atom. The van der Waals surface area contributed by atoms with Gasteiger partial charge in [0.1, 0.15) is 0 Å². The number of aryl methyl sites for hydroxylation is 1. The van der Waals surface area contributed by atoms with E-state index in [1.165, 1.54) is 24.0 Å². The number of hydrogen-bond donors (Lipinski definition) is 1. The molecule has 0 heterocycles. The van der Waals surface area contributed by atoms with Gasteiger partial charge in [-0.1, -0.05) is 24.3 Å². The monoisotopic (exact) mass is 228 g/mol. The molecule has 1 fully saturated rings. The molecule has 2 heteroatoms. The van der Waals surface area contributed by atoms with Crippen LogP contribution in [0.2, 0.25) is 0 Å². The van der Waals surface area contributed by atoms with Crippen molar-refractivity contribution in [2.24, 2.45) is 5.41 Å². The molecule has 1 aliphatic rings. The van der Waals surface area contributed by atoms with Crippen molar-refractivity contribution in [2.45, 2.75) is 39.2 Å². The van der Waals surface area contributed by atoms with E-state index >= 15 is 0 Å². The third-order valence-corrected chi connectivity index (χ3v) is 3.85. The van der Waals surface area contributed by atoms with Crippen molar-refractivity contribution in [1.29, 1.82) is 5.26 Å². The lowest BCUT2D eigenvalue weighted by Gasteiger charge is -2.20. The molecular weight excluding hydrogens is 208 g/mol. The normalized spacial score (nSPS) is 18.4. The molecule has 1 aliphatic carbocycles. The fourth-order valence-electron chi connectivity index (χ4n) is 2.31. The molecule has 1 N–H and O–H groups in total. The predicted molar refractivity (Wildman–Crippen MR) is 69.5 cm³/mol. The topological polar surface area (TPSA) is 35.8 Å². The second kappa shape index (κ2) is 4.89. The Kier molecular flexibility index (Phi) is 3.49. The van der Waals surface area contributed by atoms with Crippen LogP contribution in [0.3, 0.4) is 0 Å². The number of benzene rings is 1. The minimum Gasteiger partial charge on any atom is -0.310 e. The van der Waals surface area contributed by atoms with Crippen LogP contribution in [-0.4, -0.2) is 6.54 Å². The molecule has 17 heavy (non-hydrogen) atoms. The average Bonchev–Trinajstić information content (AvgIpc) is 3.08. The zero-order valence-electron chi connectivity index (χ0n) is 10.7. The molecule has 90 valence electrons. The summed E-state index contributed by atoms with van der Waals surface area (Å²) >= 11 is 0. The van der Waals surface area contributed by atoms with E-state index in [0.717, 1.165) is 6.54 Å². The van der Waals surface area contributed by atoms with Gasteiger partial charge in [-0.05, 0) is 43.2 Å². The maximum atomic E-state index is 8.79. The van der Waals surface area contributed by atoms with Crippen molar-refractivity contribution in [3.8, 4) is 6.07 Å². The minimum absolute atomic E-state index is 0.283. The van der Waals surface area contributed by atoms with Gasteiger partial charge >= 0.3 is 0 Å². The second-order valence-corrected chi connectivity index (χ2v) is 5.29. The van der Waals surface area contributed by atoms with Crippen molar-refractivity contribution in [3.05, 3.63) is 35.4 Å². The lowest BCUT2D eigenvalue weighted by Crippen LogP contribution is -2.27. The number of nitrogens with one attached hydrogen (secondary N) is 1. The lowest BCUT2D eigenvalue weighted by molar-refractivity contribution is 0.432. The summed E-state index contributed by atoms with van der Waals surface area (Å²) in [5.41, 5.74) is 2.98. The molecule has 2 rings (SSSR count). The van der Waals surface area contributed by atoms with Crippen LogP contribution in [0.25, 0.3) is 0 Å². The Bertz CT molecular complexity index is 427. The van der Waals surface area contributed by atoms with E-state index in [-0.39, 0.29) is 5.41 Å². The highest BCUT2D eigenvalue weighted by molar-refractivity contribution is 5.28. The zero-order chi connectivity index (χ0) is 12.3. The van der Waals surface area contributed by atoms with Crippen molar-refractivity contribution in [2.75, 3.05) is 6.54 Å². The van der Waals surface area contributed by atoms with Crippen molar-refractivity contribution in [3.63, 3.8) is 0 Å². The Balaban J connectivity index is 1.92. The Labute approximate surface area is 104 Å². The molecular formula is C15H20N2. The highest BCUT2D eigenvalue weighted by Crippen LogP contribution is 2.48. The molecule has 1 aromatic rings. The van der Waals surface area contributed by atoms with Gasteiger partial charge in [0, 0.05) is 19.0 Å². The van der Waals surface area contributed by atoms with Crippen LogP contribution in [-0.2, 0) is 0 Å². The number of rotatable bonds is 5. The van der Waals surface area contributed by atoms with Crippen LogP contribution in [0, 0.1) is 23.7 Å². The third-order valence-electron chi connectivity index (χ3n) is 3.85. The third kappa shape index (κ3) is 2.87. The van der Waals surface area contributed by atoms with E-state index in [9.17, 15) is 0 Å². The molecule has 2 nitrogen and oxygen atoms in total. The molecule has 1 saturated carbocycles. The summed E-state index contributed by atoms with van der Waals surface area (Å²) in [5, 5.41) is 12.4. The van der Waals surface area contributed by atoms with Gasteiger partial charge in [-0.15, -0.1) is 0 Å². The summed E-state index contributed by atoms with van der Waals surface area (Å²) in [6.45, 7) is 5.32. The van der Waals surface area contributed by atoms with Gasteiger partial charge in [0.05, 0.1) is 6.07 Å². The zero-order valence-corrected chi connectivity index (χ0v) is 10.7. The maximum absolute atomic E-state index is 8.79. The highest BCUT2D eigenvalue weighted by atomic mass is 14.9. The molecule has 0 amide bonds. The van der Waals surface area contributed by atoms with Crippen LogP contribution in [0.4, 0.5) is 0 Å². The minimum atomic E-state index is 0.283. The highest BCUT2D eigenvalue weighted by Gasteiger charge is 2.42. The summed E-state index contributed by atoms with van der Waals surface area (Å²) in [6.07, 6.45) is 3.10. The molecule has 0 radical (unpaired) electrons. The molecule has 1 aromatic carbocycles. The summed E-state index contributed by atoms with van der Waals surface area (Å²) in [7, 11) is 0. The summed E-state index contributed by atoms with van der Waals surface area (Å²) in [6, 6.07) is 11.2. The van der Waals surface area contributed by atoms with Gasteiger partial charge in [-0.3, -0.25) is 0 Å². The van der Waals surface area contributed by atoms with E-state index in [1.807, 2.05) is 0 Å². The lowest BCUT2D eigenvalue weighted by atomic mass is 10.00. The first-order valence-electron chi connectivity index (χ1n) is 6.33. The fraction of sp³-hybridized carbons (Fsp3) is 0.533. The van der Waals surface area contributed by atoms with E-state index in [1.54, 1.807) is 0 Å². The average molecular weight is 228 g/mol. The predicted octanol–water partition coefficient (Wildman–Crippen LogP) is 3.34. The van der Waals surface area contributed by atoms with Gasteiger partial charge in [-0.2, -0.15) is 5.26 Å². The number of nitrogens with zero attached hydrogens (tertiary/aromatic N) is 1. The Hall–Kier alpha value is -1.33. The van der Waals surface area contributed by atoms with Crippen molar-refractivity contribution in [1.82, 2.24) is 5.32 Å². The fourth-order valence-corrected chi connectivity index (χ4v) is 2.31. The molecule has 0 aliphatic heterocycles. The Morgan fingerprint density at radius 3 is 2.71 bits per heavy atom. The largest absolute Gasteiger partial charge is 0.310 e. The van der Waals surface area contributed by atoms with Gasteiger partial charge in [0.25, 0.3) is 0 Å². The molecule has 0 saturated heterocycles. The molecule has 0 aromatic heterocycles. The van der Waals surface area contributed by atoms with Crippen molar-refractivity contribution >= 4 is 0 Å². The first-order valence-corrected chi connectivity index (χ1v) is 6.33. The maximum Gasteiger partial charge on any atom is 0.0628 e. The SMILES string of the molecule is Cc1ccccc1[C@H](C)NCC1(CC#N)CC1. The summed E-state index contributed by atoms with van der Waals surface area (Å²) < 4.78 is 0. The van der Waals surface area contributed by atoms with Crippen LogP contribution in [0.5, 0.6) is 0 Å². The van der Waals surface area contributed by atoms with E-state index in [4.69, 9.17) is 5.26 Å². The Morgan fingerprint density at radius 2 is 2.12 bits per heavy atom. The first-order chi connectivity index (χ1) is 8.17. The van der Waals surface area contributed by atoms with Gasteiger partial charge in [0.15, 0.2) is 0 Å². The van der Waals surface area contributed by atoms with Crippen LogP contribution in [0.1, 0.15) is 43.4 Å².